The Hall–Kier alpha value is -3.75. The van der Waals surface area contributed by atoms with Gasteiger partial charge in [-0.05, 0) is 202 Å². The lowest BCUT2D eigenvalue weighted by atomic mass is 9.81. The molecule has 2 unspecified atom stereocenters. The van der Waals surface area contributed by atoms with Crippen LogP contribution in [0.15, 0.2) is 90.7 Å². The van der Waals surface area contributed by atoms with Gasteiger partial charge in [0.2, 0.25) is 0 Å². The lowest BCUT2D eigenvalue weighted by Gasteiger charge is -2.35. The van der Waals surface area contributed by atoms with E-state index in [-0.39, 0.29) is 0 Å². The fourth-order valence-corrected chi connectivity index (χ4v) is 12.2. The Morgan fingerprint density at radius 3 is 1.24 bits per heavy atom. The number of benzene rings is 4. The predicted molar refractivity (Wildman–Crippen MR) is 267 cm³/mol. The van der Waals surface area contributed by atoms with E-state index < -0.39 is 0 Å². The molecule has 1 saturated carbocycles. The fraction of sp³-hybridized carbons (Fsp3) is 0.525. The maximum absolute atomic E-state index is 8.15. The highest BCUT2D eigenvalue weighted by atomic mass is 35.5. The number of allylic oxidation sites excluding steroid dienone is 3. The molecule has 5 aliphatic carbocycles. The summed E-state index contributed by atoms with van der Waals surface area (Å²) in [6.45, 7) is 2.29. The second kappa shape index (κ2) is 21.3. The van der Waals surface area contributed by atoms with Gasteiger partial charge >= 0.3 is 0 Å². The first-order chi connectivity index (χ1) is 30.6. The number of fused-ring (bicyclic) bond motifs is 4. The molecule has 0 aromatic heterocycles. The summed E-state index contributed by atoms with van der Waals surface area (Å²) in [6, 6.07) is 27.0. The van der Waals surface area contributed by atoms with E-state index in [4.69, 9.17) is 11.6 Å². The standard InChI is InChI=1S/C59H75ClN2/c1-44-38-57(61(53-34-30-45-22-14-6-2-10-18-26-49(45)40-53)54-35-31-46-23-15-7-3-11-19-27-50(46)41-54)59(60)58(39-44)62(55-36-32-47-24-16-8-4-12-20-28-51(47)42-55)56-37-33-48-25-17-9-5-13-21-29-52(48)43-56/h30-43,45,49H,2-29H2,1H3. The Morgan fingerprint density at radius 1 is 0.403 bits per heavy atom. The predicted octanol–water partition coefficient (Wildman–Crippen LogP) is 17.8. The van der Waals surface area contributed by atoms with Crippen LogP contribution in [-0.2, 0) is 38.5 Å². The van der Waals surface area contributed by atoms with E-state index in [0.717, 1.165) is 35.7 Å². The van der Waals surface area contributed by atoms with E-state index in [0.29, 0.717) is 11.8 Å². The third kappa shape index (κ3) is 10.4. The van der Waals surface area contributed by atoms with Gasteiger partial charge in [-0.25, -0.2) is 0 Å². The normalized spacial score (nSPS) is 21.5. The highest BCUT2D eigenvalue weighted by Gasteiger charge is 2.29. The van der Waals surface area contributed by atoms with Crippen molar-refractivity contribution >= 4 is 40.0 Å². The Labute approximate surface area is 381 Å². The molecule has 0 saturated heterocycles. The van der Waals surface area contributed by atoms with Crippen LogP contribution in [0.25, 0.3) is 0 Å². The van der Waals surface area contributed by atoms with Gasteiger partial charge in [0.15, 0.2) is 0 Å². The Kier molecular flexibility index (Phi) is 14.9. The highest BCUT2D eigenvalue weighted by molar-refractivity contribution is 6.36. The topological polar surface area (TPSA) is 6.48 Å². The molecule has 328 valence electrons. The van der Waals surface area contributed by atoms with E-state index in [1.54, 1.807) is 16.7 Å². The molecule has 1 fully saturated rings. The van der Waals surface area contributed by atoms with Crippen LogP contribution in [0.3, 0.4) is 0 Å². The second-order valence-corrected chi connectivity index (χ2v) is 20.5. The summed E-state index contributed by atoms with van der Waals surface area (Å²) in [6.07, 6.45) is 43.9. The molecule has 4 aromatic rings. The number of halogens is 1. The van der Waals surface area contributed by atoms with Crippen LogP contribution in [0, 0.1) is 18.8 Å². The van der Waals surface area contributed by atoms with Gasteiger partial charge in [-0.1, -0.05) is 132 Å². The number of hydrogen-bond donors (Lipinski definition) is 0. The summed E-state index contributed by atoms with van der Waals surface area (Å²) in [5, 5.41) is 0.831. The smallest absolute Gasteiger partial charge is 0.0887 e. The van der Waals surface area contributed by atoms with Crippen molar-refractivity contribution in [3.8, 4) is 0 Å². The Bertz CT molecular complexity index is 2130. The van der Waals surface area contributed by atoms with Gasteiger partial charge in [0, 0.05) is 22.8 Å². The molecular formula is C59H75ClN2. The summed E-state index contributed by atoms with van der Waals surface area (Å²) in [4.78, 5) is 5.11. The molecule has 0 heterocycles. The molecule has 0 spiro atoms. The Morgan fingerprint density at radius 2 is 0.774 bits per heavy atom. The number of anilines is 5. The summed E-state index contributed by atoms with van der Waals surface area (Å²) >= 11 is 8.15. The minimum absolute atomic E-state index is 0.559. The quantitative estimate of drug-likeness (QED) is 0.191. The van der Waals surface area contributed by atoms with Gasteiger partial charge in [-0.15, -0.1) is 0 Å². The van der Waals surface area contributed by atoms with Gasteiger partial charge in [0.05, 0.1) is 16.4 Å². The van der Waals surface area contributed by atoms with Crippen molar-refractivity contribution in [2.75, 3.05) is 9.80 Å². The number of aryl methyl sites for hydroxylation is 7. The van der Waals surface area contributed by atoms with Crippen LogP contribution in [0.1, 0.15) is 180 Å². The fourth-order valence-electron chi connectivity index (χ4n) is 11.9. The van der Waals surface area contributed by atoms with Crippen LogP contribution in [-0.4, -0.2) is 0 Å². The van der Waals surface area contributed by atoms with E-state index in [1.807, 2.05) is 0 Å². The van der Waals surface area contributed by atoms with Crippen molar-refractivity contribution in [3.63, 3.8) is 0 Å². The molecule has 4 aromatic carbocycles. The van der Waals surface area contributed by atoms with E-state index in [2.05, 4.69) is 102 Å². The zero-order valence-electron chi connectivity index (χ0n) is 38.3. The SMILES string of the molecule is Cc1cc(N(C2=CC3CCCCCCCC3C=C2)c2ccc3c(c2)CCCCCCC3)c(Cl)c(N(c2ccc3c(c2)CCCCCCC3)c2ccc3c(c2)CCCCCCC3)c1. The zero-order valence-corrected chi connectivity index (χ0v) is 39.1. The molecule has 9 rings (SSSR count). The summed E-state index contributed by atoms with van der Waals surface area (Å²) < 4.78 is 0. The summed E-state index contributed by atoms with van der Waals surface area (Å²) in [5.74, 6) is 1.19. The first-order valence-electron chi connectivity index (χ1n) is 25.7. The lowest BCUT2D eigenvalue weighted by Crippen LogP contribution is -2.23. The van der Waals surface area contributed by atoms with Crippen molar-refractivity contribution in [2.24, 2.45) is 11.8 Å². The largest absolute Gasteiger partial charge is 0.309 e. The maximum Gasteiger partial charge on any atom is 0.0887 e. The van der Waals surface area contributed by atoms with Crippen molar-refractivity contribution in [1.82, 2.24) is 0 Å². The third-order valence-electron chi connectivity index (χ3n) is 15.5. The number of nitrogens with zero attached hydrogens (tertiary/aromatic N) is 2. The summed E-state index contributed by atoms with van der Waals surface area (Å²) in [7, 11) is 0. The first-order valence-corrected chi connectivity index (χ1v) is 26.1. The molecule has 2 atom stereocenters. The Balaban J connectivity index is 1.21. The zero-order chi connectivity index (χ0) is 42.1. The molecule has 0 N–H and O–H groups in total. The van der Waals surface area contributed by atoms with Crippen LogP contribution in [0.4, 0.5) is 28.4 Å². The molecule has 0 amide bonds. The van der Waals surface area contributed by atoms with Crippen molar-refractivity contribution in [2.45, 2.75) is 187 Å². The average Bonchev–Trinajstić information content (AvgIpc) is 3.61. The van der Waals surface area contributed by atoms with E-state index in [1.165, 1.54) is 206 Å². The number of rotatable bonds is 6. The van der Waals surface area contributed by atoms with E-state index in [9.17, 15) is 0 Å². The van der Waals surface area contributed by atoms with Crippen LogP contribution in [0.5, 0.6) is 0 Å². The van der Waals surface area contributed by atoms with Crippen molar-refractivity contribution in [1.29, 1.82) is 0 Å². The van der Waals surface area contributed by atoms with Crippen molar-refractivity contribution < 1.29 is 0 Å². The van der Waals surface area contributed by atoms with Gasteiger partial charge in [-0.2, -0.15) is 0 Å². The molecule has 0 radical (unpaired) electrons. The second-order valence-electron chi connectivity index (χ2n) is 20.1. The van der Waals surface area contributed by atoms with Crippen LogP contribution < -0.4 is 9.80 Å². The summed E-state index contributed by atoms with van der Waals surface area (Å²) in [5.41, 5.74) is 17.6. The van der Waals surface area contributed by atoms with Crippen molar-refractivity contribution in [3.05, 3.63) is 135 Å². The molecule has 2 nitrogen and oxygen atoms in total. The molecule has 0 bridgehead atoms. The van der Waals surface area contributed by atoms with Crippen LogP contribution in [0.2, 0.25) is 5.02 Å². The van der Waals surface area contributed by atoms with Crippen LogP contribution >= 0.6 is 11.6 Å². The third-order valence-corrected chi connectivity index (χ3v) is 15.9. The number of hydrogen-bond acceptors (Lipinski definition) is 2. The molecule has 0 aliphatic heterocycles. The molecule has 3 heteroatoms. The monoisotopic (exact) mass is 847 g/mol. The minimum Gasteiger partial charge on any atom is -0.309 e. The van der Waals surface area contributed by atoms with E-state index >= 15 is 0 Å². The molecular weight excluding hydrogens is 772 g/mol. The van der Waals surface area contributed by atoms with Gasteiger partial charge < -0.3 is 9.80 Å². The highest BCUT2D eigenvalue weighted by Crippen LogP contribution is 2.49. The minimum atomic E-state index is 0.559. The first kappa shape index (κ1) is 43.5. The maximum atomic E-state index is 8.15. The molecule has 62 heavy (non-hydrogen) atoms. The average molecular weight is 848 g/mol. The van der Waals surface area contributed by atoms with Gasteiger partial charge in [-0.3, -0.25) is 0 Å². The molecule has 5 aliphatic rings. The lowest BCUT2D eigenvalue weighted by molar-refractivity contribution is 0.406. The van der Waals surface area contributed by atoms with Gasteiger partial charge in [0.1, 0.15) is 0 Å². The van der Waals surface area contributed by atoms with Gasteiger partial charge in [0.25, 0.3) is 0 Å².